The lowest BCUT2D eigenvalue weighted by Crippen LogP contribution is -2.59. The quantitative estimate of drug-likeness (QED) is 0.745. The monoisotopic (exact) mass is 348 g/mol. The number of aromatic nitrogens is 4. The highest BCUT2D eigenvalue weighted by Crippen LogP contribution is 2.37. The van der Waals surface area contributed by atoms with Gasteiger partial charge in [-0.3, -0.25) is 9.97 Å². The van der Waals surface area contributed by atoms with Gasteiger partial charge in [0.15, 0.2) is 0 Å². The molecule has 134 valence electrons. The third-order valence-corrected chi connectivity index (χ3v) is 5.89. The highest BCUT2D eigenvalue weighted by Gasteiger charge is 2.36. The van der Waals surface area contributed by atoms with Crippen molar-refractivity contribution in [3.05, 3.63) is 37.1 Å². The molecule has 5 heterocycles. The van der Waals surface area contributed by atoms with Crippen LogP contribution in [0, 0.1) is 0 Å². The molecule has 6 nitrogen and oxygen atoms in total. The molecule has 5 rings (SSSR count). The summed E-state index contributed by atoms with van der Waals surface area (Å²) in [7, 11) is 0. The second kappa shape index (κ2) is 6.36. The van der Waals surface area contributed by atoms with Gasteiger partial charge < -0.3 is 15.2 Å². The van der Waals surface area contributed by atoms with Crippen molar-refractivity contribution in [3.8, 4) is 11.3 Å². The first-order valence-electron chi connectivity index (χ1n) is 9.57. The predicted octanol–water partition coefficient (Wildman–Crippen LogP) is 3.13. The highest BCUT2D eigenvalue weighted by atomic mass is 15.2. The molecular weight excluding hydrogens is 324 g/mol. The van der Waals surface area contributed by atoms with Crippen LogP contribution < -0.4 is 10.2 Å². The Labute approximate surface area is 153 Å². The van der Waals surface area contributed by atoms with E-state index in [4.69, 9.17) is 0 Å². The standard InChI is InChI=1S/C20H24N6/c1-2-7-25-20(5-1)6-3-11-26(14-20)17-4-8-23-19-18(17)15(12-24-19)16-13-21-9-10-22-16/h4,8-10,12-13,25H,1-3,5-7,11,14H2,(H,23,24). The molecule has 26 heavy (non-hydrogen) atoms. The van der Waals surface area contributed by atoms with Crippen LogP contribution in [0.1, 0.15) is 32.1 Å². The summed E-state index contributed by atoms with van der Waals surface area (Å²) < 4.78 is 0. The van der Waals surface area contributed by atoms with Crippen LogP contribution in [0.5, 0.6) is 0 Å². The van der Waals surface area contributed by atoms with Crippen molar-refractivity contribution in [3.63, 3.8) is 0 Å². The second-order valence-corrected chi connectivity index (χ2v) is 7.54. The molecule has 3 aromatic rings. The van der Waals surface area contributed by atoms with Gasteiger partial charge in [-0.2, -0.15) is 0 Å². The van der Waals surface area contributed by atoms with Crippen LogP contribution in [-0.4, -0.2) is 45.1 Å². The molecular formula is C20H24N6. The van der Waals surface area contributed by atoms with Gasteiger partial charge in [-0.1, -0.05) is 6.42 Å². The average Bonchev–Trinajstić information content (AvgIpc) is 3.14. The molecule has 2 N–H and O–H groups in total. The van der Waals surface area contributed by atoms with Crippen LogP contribution in [0.2, 0.25) is 0 Å². The van der Waals surface area contributed by atoms with Crippen molar-refractivity contribution in [2.24, 2.45) is 0 Å². The number of pyridine rings is 1. The molecule has 0 saturated carbocycles. The number of hydrogen-bond acceptors (Lipinski definition) is 5. The maximum absolute atomic E-state index is 4.54. The van der Waals surface area contributed by atoms with E-state index in [9.17, 15) is 0 Å². The molecule has 1 atom stereocenters. The molecule has 0 amide bonds. The summed E-state index contributed by atoms with van der Waals surface area (Å²) in [5.41, 5.74) is 4.40. The Morgan fingerprint density at radius 2 is 2.00 bits per heavy atom. The molecule has 6 heteroatoms. The zero-order chi connectivity index (χ0) is 17.4. The van der Waals surface area contributed by atoms with Crippen molar-refractivity contribution in [2.75, 3.05) is 24.5 Å². The third kappa shape index (κ3) is 2.65. The van der Waals surface area contributed by atoms with Crippen LogP contribution in [0.4, 0.5) is 5.69 Å². The largest absolute Gasteiger partial charge is 0.369 e. The van der Waals surface area contributed by atoms with Crippen LogP contribution in [-0.2, 0) is 0 Å². The van der Waals surface area contributed by atoms with Gasteiger partial charge in [0.1, 0.15) is 5.65 Å². The molecule has 3 aromatic heterocycles. The van der Waals surface area contributed by atoms with Gasteiger partial charge in [0.2, 0.25) is 0 Å². The number of anilines is 1. The van der Waals surface area contributed by atoms with E-state index in [0.717, 1.165) is 41.9 Å². The van der Waals surface area contributed by atoms with Crippen molar-refractivity contribution >= 4 is 16.7 Å². The minimum atomic E-state index is 0.273. The summed E-state index contributed by atoms with van der Waals surface area (Å²) in [4.78, 5) is 19.1. The lowest BCUT2D eigenvalue weighted by Gasteiger charge is -2.47. The maximum atomic E-state index is 4.54. The van der Waals surface area contributed by atoms with Gasteiger partial charge in [0, 0.05) is 49.0 Å². The number of hydrogen-bond donors (Lipinski definition) is 2. The van der Waals surface area contributed by atoms with E-state index in [2.05, 4.69) is 36.2 Å². The van der Waals surface area contributed by atoms with Crippen molar-refractivity contribution in [1.29, 1.82) is 0 Å². The lowest BCUT2D eigenvalue weighted by atomic mass is 9.81. The van der Waals surface area contributed by atoms with E-state index >= 15 is 0 Å². The molecule has 2 aliphatic rings. The SMILES string of the molecule is c1cnc(-c2c[nH]c3nccc(N4CCCC5(CCCCN5)C4)c23)cn1. The fraction of sp³-hybridized carbons (Fsp3) is 0.450. The van der Waals surface area contributed by atoms with Crippen LogP contribution in [0.15, 0.2) is 37.1 Å². The number of fused-ring (bicyclic) bond motifs is 1. The zero-order valence-corrected chi connectivity index (χ0v) is 14.9. The topological polar surface area (TPSA) is 69.7 Å². The van der Waals surface area contributed by atoms with Gasteiger partial charge in [-0.25, -0.2) is 4.98 Å². The number of piperidine rings is 2. The van der Waals surface area contributed by atoms with Crippen molar-refractivity contribution in [2.45, 2.75) is 37.6 Å². The van der Waals surface area contributed by atoms with Gasteiger partial charge in [0.05, 0.1) is 23.0 Å². The molecule has 2 saturated heterocycles. The summed E-state index contributed by atoms with van der Waals surface area (Å²) in [5, 5.41) is 4.99. The lowest BCUT2D eigenvalue weighted by molar-refractivity contribution is 0.216. The van der Waals surface area contributed by atoms with E-state index in [1.165, 1.54) is 37.8 Å². The van der Waals surface area contributed by atoms with Gasteiger partial charge in [-0.05, 0) is 38.3 Å². The maximum Gasteiger partial charge on any atom is 0.140 e. The molecule has 1 spiro atoms. The molecule has 1 unspecified atom stereocenters. The molecule has 0 aliphatic carbocycles. The average molecular weight is 348 g/mol. The summed E-state index contributed by atoms with van der Waals surface area (Å²) in [6.07, 6.45) is 15.6. The molecule has 2 fully saturated rings. The van der Waals surface area contributed by atoms with Crippen LogP contribution >= 0.6 is 0 Å². The Bertz CT molecular complexity index is 892. The van der Waals surface area contributed by atoms with Gasteiger partial charge >= 0.3 is 0 Å². The van der Waals surface area contributed by atoms with E-state index < -0.39 is 0 Å². The van der Waals surface area contributed by atoms with Gasteiger partial charge in [0.25, 0.3) is 0 Å². The molecule has 0 radical (unpaired) electrons. The molecule has 2 aliphatic heterocycles. The van der Waals surface area contributed by atoms with Crippen LogP contribution in [0.3, 0.4) is 0 Å². The first kappa shape index (κ1) is 15.8. The highest BCUT2D eigenvalue weighted by molar-refractivity contribution is 6.01. The minimum absolute atomic E-state index is 0.273. The summed E-state index contributed by atoms with van der Waals surface area (Å²) in [6, 6.07) is 2.15. The normalized spacial score (nSPS) is 23.6. The smallest absolute Gasteiger partial charge is 0.140 e. The Hall–Kier alpha value is -2.47. The van der Waals surface area contributed by atoms with Gasteiger partial charge in [-0.15, -0.1) is 0 Å². The summed E-state index contributed by atoms with van der Waals surface area (Å²) >= 11 is 0. The molecule has 0 aromatic carbocycles. The van der Waals surface area contributed by atoms with E-state index in [-0.39, 0.29) is 5.54 Å². The first-order chi connectivity index (χ1) is 12.8. The fourth-order valence-electron chi connectivity index (χ4n) is 4.66. The van der Waals surface area contributed by atoms with Crippen LogP contribution in [0.25, 0.3) is 22.3 Å². The number of aromatic amines is 1. The Kier molecular flexibility index (Phi) is 3.85. The zero-order valence-electron chi connectivity index (χ0n) is 14.9. The Balaban J connectivity index is 1.57. The molecule has 0 bridgehead atoms. The Morgan fingerprint density at radius 3 is 2.85 bits per heavy atom. The third-order valence-electron chi connectivity index (χ3n) is 5.89. The van der Waals surface area contributed by atoms with Crippen molar-refractivity contribution < 1.29 is 0 Å². The number of nitrogens with zero attached hydrogens (tertiary/aromatic N) is 4. The minimum Gasteiger partial charge on any atom is -0.369 e. The summed E-state index contributed by atoms with van der Waals surface area (Å²) in [6.45, 7) is 3.30. The van der Waals surface area contributed by atoms with Crippen molar-refractivity contribution in [1.82, 2.24) is 25.3 Å². The second-order valence-electron chi connectivity index (χ2n) is 7.54. The number of nitrogens with one attached hydrogen (secondary N) is 2. The van der Waals surface area contributed by atoms with E-state index in [1.807, 2.05) is 18.6 Å². The fourth-order valence-corrected chi connectivity index (χ4v) is 4.66. The number of H-pyrrole nitrogens is 1. The number of rotatable bonds is 2. The predicted molar refractivity (Wildman–Crippen MR) is 103 cm³/mol. The Morgan fingerprint density at radius 1 is 1.04 bits per heavy atom. The first-order valence-corrected chi connectivity index (χ1v) is 9.57. The van der Waals surface area contributed by atoms with E-state index in [0.29, 0.717) is 0 Å². The summed E-state index contributed by atoms with van der Waals surface area (Å²) in [5.74, 6) is 0. The van der Waals surface area contributed by atoms with E-state index in [1.54, 1.807) is 12.4 Å².